The number of benzene rings is 1. The van der Waals surface area contributed by atoms with Crippen LogP contribution in [0, 0.1) is 5.82 Å². The van der Waals surface area contributed by atoms with Crippen LogP contribution in [0.4, 0.5) is 4.39 Å². The van der Waals surface area contributed by atoms with Crippen molar-refractivity contribution in [2.75, 3.05) is 39.0 Å². The normalized spacial score (nSPS) is 24.1. The number of rotatable bonds is 3. The molecule has 138 valence electrons. The Morgan fingerprint density at radius 3 is 2.64 bits per heavy atom. The Morgan fingerprint density at radius 2 is 2.00 bits per heavy atom. The zero-order valence-electron chi connectivity index (χ0n) is 14.2. The summed E-state index contributed by atoms with van der Waals surface area (Å²) in [5.74, 6) is -0.775. The molecule has 1 amide bonds. The third-order valence-corrected chi connectivity index (χ3v) is 7.12. The molecule has 1 atom stereocenters. The number of nitrogens with zero attached hydrogens (tertiary/aromatic N) is 1. The molecule has 0 saturated carbocycles. The number of sulfone groups is 1. The van der Waals surface area contributed by atoms with E-state index in [0.717, 1.165) is 6.26 Å². The molecule has 0 aliphatic carbocycles. The predicted octanol–water partition coefficient (Wildman–Crippen LogP) is 0.892. The van der Waals surface area contributed by atoms with Crippen LogP contribution in [0.2, 0.25) is 0 Å². The number of halogens is 1. The Bertz CT molecular complexity index is 747. The van der Waals surface area contributed by atoms with Gasteiger partial charge < -0.3 is 15.0 Å². The number of hydrogen-bond acceptors (Lipinski definition) is 5. The number of hydrogen-bond donors (Lipinski definition) is 1. The fraction of sp³-hybridized carbons (Fsp3) is 0.588. The molecular weight excluding hydrogens is 347 g/mol. The number of amides is 1. The van der Waals surface area contributed by atoms with Gasteiger partial charge in [0.2, 0.25) is 5.91 Å². The van der Waals surface area contributed by atoms with Crippen molar-refractivity contribution in [3.63, 3.8) is 0 Å². The van der Waals surface area contributed by atoms with Crippen LogP contribution in [-0.4, -0.2) is 63.0 Å². The van der Waals surface area contributed by atoms with Crippen LogP contribution in [0.25, 0.3) is 0 Å². The van der Waals surface area contributed by atoms with E-state index in [0.29, 0.717) is 25.2 Å². The maximum Gasteiger partial charge on any atom is 0.244 e. The molecule has 2 saturated heterocycles. The zero-order valence-corrected chi connectivity index (χ0v) is 15.0. The maximum absolute atomic E-state index is 14.0. The van der Waals surface area contributed by atoms with Gasteiger partial charge in [0.25, 0.3) is 0 Å². The van der Waals surface area contributed by atoms with E-state index < -0.39 is 20.7 Å². The Kier molecular flexibility index (Phi) is 5.13. The number of ether oxygens (including phenoxy) is 1. The molecule has 1 aromatic carbocycles. The van der Waals surface area contributed by atoms with E-state index in [1.165, 1.54) is 11.0 Å². The number of morpholine rings is 1. The van der Waals surface area contributed by atoms with E-state index in [1.54, 1.807) is 18.2 Å². The van der Waals surface area contributed by atoms with Crippen LogP contribution >= 0.6 is 0 Å². The highest BCUT2D eigenvalue weighted by molar-refractivity contribution is 7.92. The molecule has 2 heterocycles. The quantitative estimate of drug-likeness (QED) is 0.855. The molecule has 25 heavy (non-hydrogen) atoms. The van der Waals surface area contributed by atoms with Gasteiger partial charge in [0, 0.05) is 18.4 Å². The first-order valence-corrected chi connectivity index (χ1v) is 10.3. The van der Waals surface area contributed by atoms with E-state index >= 15 is 0 Å². The van der Waals surface area contributed by atoms with Gasteiger partial charge in [0.15, 0.2) is 14.6 Å². The second kappa shape index (κ2) is 7.01. The summed E-state index contributed by atoms with van der Waals surface area (Å²) in [6.07, 6.45) is 1.06. The van der Waals surface area contributed by atoms with E-state index in [2.05, 4.69) is 5.32 Å². The van der Waals surface area contributed by atoms with Crippen molar-refractivity contribution < 1.29 is 22.3 Å². The predicted molar refractivity (Wildman–Crippen MR) is 91.4 cm³/mol. The van der Waals surface area contributed by atoms with Gasteiger partial charge in [-0.15, -0.1) is 0 Å². The van der Waals surface area contributed by atoms with Gasteiger partial charge in [0.05, 0.1) is 13.2 Å². The van der Waals surface area contributed by atoms with Crippen molar-refractivity contribution in [1.82, 2.24) is 10.2 Å². The molecule has 2 aliphatic rings. The van der Waals surface area contributed by atoms with E-state index in [-0.39, 0.29) is 37.7 Å². The molecule has 0 radical (unpaired) electrons. The average molecular weight is 370 g/mol. The fourth-order valence-electron chi connectivity index (χ4n) is 3.62. The highest BCUT2D eigenvalue weighted by Crippen LogP contribution is 2.32. The van der Waals surface area contributed by atoms with Crippen molar-refractivity contribution in [2.24, 2.45) is 0 Å². The molecule has 1 N–H and O–H groups in total. The van der Waals surface area contributed by atoms with Gasteiger partial charge in [-0.2, -0.15) is 0 Å². The van der Waals surface area contributed by atoms with Crippen LogP contribution in [0.5, 0.6) is 0 Å². The molecule has 0 aromatic heterocycles. The minimum atomic E-state index is -3.57. The van der Waals surface area contributed by atoms with Crippen molar-refractivity contribution in [3.05, 3.63) is 35.6 Å². The zero-order chi connectivity index (χ0) is 18.1. The first-order chi connectivity index (χ1) is 11.8. The Labute approximate surface area is 147 Å². The Hall–Kier alpha value is -1.51. The minimum absolute atomic E-state index is 0.157. The van der Waals surface area contributed by atoms with Gasteiger partial charge in [-0.25, -0.2) is 12.8 Å². The average Bonchev–Trinajstić information content (AvgIpc) is 2.61. The van der Waals surface area contributed by atoms with E-state index in [1.807, 2.05) is 0 Å². The molecule has 0 bridgehead atoms. The minimum Gasteiger partial charge on any atom is -0.370 e. The first-order valence-electron chi connectivity index (χ1n) is 8.41. The molecule has 3 rings (SSSR count). The fourth-order valence-corrected chi connectivity index (χ4v) is 5.01. The summed E-state index contributed by atoms with van der Waals surface area (Å²) in [7, 11) is -3.57. The van der Waals surface area contributed by atoms with Gasteiger partial charge in [-0.3, -0.25) is 4.79 Å². The van der Waals surface area contributed by atoms with Crippen molar-refractivity contribution in [1.29, 1.82) is 0 Å². The van der Waals surface area contributed by atoms with Crippen LogP contribution in [-0.2, 0) is 19.4 Å². The Morgan fingerprint density at radius 1 is 1.32 bits per heavy atom. The largest absolute Gasteiger partial charge is 0.370 e. The molecule has 2 aliphatic heterocycles. The van der Waals surface area contributed by atoms with Crippen molar-refractivity contribution >= 4 is 15.7 Å². The molecule has 1 aromatic rings. The highest BCUT2D eigenvalue weighted by Gasteiger charge is 2.51. The maximum atomic E-state index is 14.0. The van der Waals surface area contributed by atoms with Crippen LogP contribution < -0.4 is 5.32 Å². The smallest absolute Gasteiger partial charge is 0.244 e. The highest BCUT2D eigenvalue weighted by atomic mass is 32.2. The van der Waals surface area contributed by atoms with Gasteiger partial charge in [-0.05, 0) is 32.0 Å². The lowest BCUT2D eigenvalue weighted by Gasteiger charge is -2.41. The van der Waals surface area contributed by atoms with Gasteiger partial charge >= 0.3 is 0 Å². The van der Waals surface area contributed by atoms with Gasteiger partial charge in [0.1, 0.15) is 11.9 Å². The summed E-state index contributed by atoms with van der Waals surface area (Å²) in [5.41, 5.74) is 0.388. The van der Waals surface area contributed by atoms with E-state index in [9.17, 15) is 17.6 Å². The van der Waals surface area contributed by atoms with E-state index in [4.69, 9.17) is 4.74 Å². The van der Waals surface area contributed by atoms with Crippen LogP contribution in [0.1, 0.15) is 24.5 Å². The molecule has 1 unspecified atom stereocenters. The summed E-state index contributed by atoms with van der Waals surface area (Å²) < 4.78 is 43.1. The SMILES string of the molecule is CS(=O)(=O)C1(C(=O)N2CCOC(c3ccccc3F)C2)CCNCC1. The first kappa shape index (κ1) is 18.3. The lowest BCUT2D eigenvalue weighted by atomic mass is 9.94. The number of piperidine rings is 1. The third-order valence-electron chi connectivity index (χ3n) is 5.12. The molecule has 8 heteroatoms. The van der Waals surface area contributed by atoms with Gasteiger partial charge in [-0.1, -0.05) is 18.2 Å². The topological polar surface area (TPSA) is 75.7 Å². The summed E-state index contributed by atoms with van der Waals surface area (Å²) in [5, 5.41) is 3.10. The van der Waals surface area contributed by atoms with Crippen LogP contribution in [0.15, 0.2) is 24.3 Å². The number of nitrogens with one attached hydrogen (secondary N) is 1. The summed E-state index contributed by atoms with van der Waals surface area (Å²) in [6.45, 7) is 1.70. The number of carbonyl (C=O) groups excluding carboxylic acids is 1. The number of carbonyl (C=O) groups is 1. The standard InChI is InChI=1S/C17H23FN2O4S/c1-25(22,23)17(6-8-19-9-7-17)16(21)20-10-11-24-15(12-20)13-4-2-3-5-14(13)18/h2-5,15,19H,6-12H2,1H3. The second-order valence-electron chi connectivity index (χ2n) is 6.65. The van der Waals surface area contributed by atoms with Crippen LogP contribution in [0.3, 0.4) is 0 Å². The molecule has 2 fully saturated rings. The Balaban J connectivity index is 1.85. The lowest BCUT2D eigenvalue weighted by Crippen LogP contribution is -2.60. The lowest BCUT2D eigenvalue weighted by molar-refractivity contribution is -0.142. The summed E-state index contributed by atoms with van der Waals surface area (Å²) >= 11 is 0. The molecule has 6 nitrogen and oxygen atoms in total. The molecular formula is C17H23FN2O4S. The summed E-state index contributed by atoms with van der Waals surface area (Å²) in [4.78, 5) is 14.7. The monoisotopic (exact) mass is 370 g/mol. The third kappa shape index (κ3) is 3.43. The van der Waals surface area contributed by atoms with Crippen molar-refractivity contribution in [3.8, 4) is 0 Å². The summed E-state index contributed by atoms with van der Waals surface area (Å²) in [6, 6.07) is 6.29. The second-order valence-corrected chi connectivity index (χ2v) is 8.97. The molecule has 0 spiro atoms. The van der Waals surface area contributed by atoms with Crippen molar-refractivity contribution in [2.45, 2.75) is 23.7 Å².